The lowest BCUT2D eigenvalue weighted by atomic mass is 9.96. The van der Waals surface area contributed by atoms with Crippen molar-refractivity contribution in [1.82, 2.24) is 4.98 Å². The number of aliphatic hydroxyl groups is 1. The molecule has 1 aliphatic heterocycles. The third-order valence-electron chi connectivity index (χ3n) is 4.07. The van der Waals surface area contributed by atoms with Gasteiger partial charge in [0.1, 0.15) is 5.82 Å². The minimum Gasteiger partial charge on any atom is -0.391 e. The Morgan fingerprint density at radius 2 is 2.20 bits per heavy atom. The van der Waals surface area contributed by atoms with Crippen molar-refractivity contribution in [3.63, 3.8) is 0 Å². The van der Waals surface area contributed by atoms with Crippen LogP contribution in [-0.4, -0.2) is 29.3 Å². The minimum atomic E-state index is -0.331. The van der Waals surface area contributed by atoms with Crippen LogP contribution in [0.2, 0.25) is 0 Å². The van der Waals surface area contributed by atoms with Crippen molar-refractivity contribution < 1.29 is 5.11 Å². The van der Waals surface area contributed by atoms with E-state index in [9.17, 15) is 10.4 Å². The van der Waals surface area contributed by atoms with Crippen molar-refractivity contribution in [1.29, 1.82) is 5.26 Å². The number of β-amino-alcohol motifs (C(OH)–C–C–N with tert-alkyl or cyclic N) is 1. The lowest BCUT2D eigenvalue weighted by Crippen LogP contribution is -2.43. The first-order valence-electron chi connectivity index (χ1n) is 6.92. The number of nitrogens with zero attached hydrogens (tertiary/aromatic N) is 3. The van der Waals surface area contributed by atoms with E-state index in [1.165, 1.54) is 0 Å². The van der Waals surface area contributed by atoms with E-state index in [0.29, 0.717) is 18.0 Å². The summed E-state index contributed by atoms with van der Waals surface area (Å²) < 4.78 is 0. The van der Waals surface area contributed by atoms with Crippen LogP contribution in [0.15, 0.2) is 30.3 Å². The Hall–Kier alpha value is -2.12. The highest BCUT2D eigenvalue weighted by molar-refractivity contribution is 5.86. The molecule has 0 amide bonds. The molecule has 1 fully saturated rings. The topological polar surface area (TPSA) is 60.2 Å². The van der Waals surface area contributed by atoms with Gasteiger partial charge < -0.3 is 10.0 Å². The number of anilines is 1. The first kappa shape index (κ1) is 12.9. The molecule has 2 aromatic rings. The average Bonchev–Trinajstić information content (AvgIpc) is 2.49. The summed E-state index contributed by atoms with van der Waals surface area (Å²) in [7, 11) is 0. The van der Waals surface area contributed by atoms with Crippen LogP contribution in [-0.2, 0) is 0 Å². The maximum absolute atomic E-state index is 10.0. The van der Waals surface area contributed by atoms with Crippen molar-refractivity contribution in [2.45, 2.75) is 19.4 Å². The molecule has 0 saturated carbocycles. The number of piperidine rings is 1. The number of aliphatic hydroxyl groups excluding tert-OH is 1. The quantitative estimate of drug-likeness (QED) is 0.861. The maximum Gasteiger partial charge on any atom is 0.130 e. The van der Waals surface area contributed by atoms with Gasteiger partial charge in [0, 0.05) is 18.5 Å². The monoisotopic (exact) mass is 267 g/mol. The van der Waals surface area contributed by atoms with Gasteiger partial charge in [-0.15, -0.1) is 0 Å². The number of nitriles is 1. The second kappa shape index (κ2) is 5.10. The zero-order valence-electron chi connectivity index (χ0n) is 11.5. The fourth-order valence-corrected chi connectivity index (χ4v) is 2.67. The van der Waals surface area contributed by atoms with E-state index >= 15 is 0 Å². The molecule has 0 spiro atoms. The summed E-state index contributed by atoms with van der Waals surface area (Å²) >= 11 is 0. The minimum absolute atomic E-state index is 0.321. The highest BCUT2D eigenvalue weighted by Crippen LogP contribution is 2.26. The molecule has 0 aliphatic carbocycles. The van der Waals surface area contributed by atoms with Crippen molar-refractivity contribution >= 4 is 16.7 Å². The summed E-state index contributed by atoms with van der Waals surface area (Å²) in [6.45, 7) is 3.52. The van der Waals surface area contributed by atoms with Gasteiger partial charge in [-0.1, -0.05) is 25.1 Å². The summed E-state index contributed by atoms with van der Waals surface area (Å²) in [6.07, 6.45) is 0.611. The van der Waals surface area contributed by atoms with Crippen LogP contribution < -0.4 is 4.90 Å². The molecule has 1 aromatic carbocycles. The molecule has 4 heteroatoms. The van der Waals surface area contributed by atoms with Gasteiger partial charge in [0.25, 0.3) is 0 Å². The number of fused-ring (bicyclic) bond motifs is 1. The van der Waals surface area contributed by atoms with E-state index in [0.717, 1.165) is 29.7 Å². The average molecular weight is 267 g/mol. The normalized spacial score (nSPS) is 22.8. The van der Waals surface area contributed by atoms with Crippen LogP contribution in [0, 0.1) is 17.2 Å². The zero-order chi connectivity index (χ0) is 14.1. The highest BCUT2D eigenvalue weighted by atomic mass is 16.3. The zero-order valence-corrected chi connectivity index (χ0v) is 11.5. The Kier molecular flexibility index (Phi) is 3.29. The lowest BCUT2D eigenvalue weighted by Gasteiger charge is -2.35. The Morgan fingerprint density at radius 1 is 1.40 bits per heavy atom. The van der Waals surface area contributed by atoms with Crippen LogP contribution in [0.5, 0.6) is 0 Å². The molecule has 4 nitrogen and oxygen atoms in total. The molecular formula is C16H17N3O. The first-order valence-corrected chi connectivity index (χ1v) is 6.92. The summed E-state index contributed by atoms with van der Waals surface area (Å²) in [5, 5.41) is 20.2. The Labute approximate surface area is 118 Å². The van der Waals surface area contributed by atoms with Gasteiger partial charge in [-0.2, -0.15) is 5.26 Å². The van der Waals surface area contributed by atoms with E-state index < -0.39 is 0 Å². The van der Waals surface area contributed by atoms with Crippen LogP contribution in [0.25, 0.3) is 10.9 Å². The SMILES string of the molecule is CC1CCN(c2cc(C#N)c3ccccc3n2)CC1O. The third-order valence-corrected chi connectivity index (χ3v) is 4.07. The molecular weight excluding hydrogens is 250 g/mol. The maximum atomic E-state index is 10.0. The number of pyridine rings is 1. The van der Waals surface area contributed by atoms with Gasteiger partial charge in [-0.3, -0.25) is 0 Å². The van der Waals surface area contributed by atoms with E-state index in [-0.39, 0.29) is 6.10 Å². The first-order chi connectivity index (χ1) is 9.69. The molecule has 0 bridgehead atoms. The van der Waals surface area contributed by atoms with Crippen LogP contribution >= 0.6 is 0 Å². The van der Waals surface area contributed by atoms with Gasteiger partial charge in [-0.25, -0.2) is 4.98 Å². The molecule has 1 aliphatic rings. The number of benzene rings is 1. The summed E-state index contributed by atoms with van der Waals surface area (Å²) in [6, 6.07) is 11.7. The van der Waals surface area contributed by atoms with Gasteiger partial charge in [-0.05, 0) is 24.5 Å². The number of hydrogen-bond donors (Lipinski definition) is 1. The van der Waals surface area contributed by atoms with Gasteiger partial charge in [0.15, 0.2) is 0 Å². The molecule has 2 unspecified atom stereocenters. The van der Waals surface area contributed by atoms with Crippen molar-refractivity contribution in [2.24, 2.45) is 5.92 Å². The van der Waals surface area contributed by atoms with Crippen molar-refractivity contribution in [3.8, 4) is 6.07 Å². The van der Waals surface area contributed by atoms with Crippen LogP contribution in [0.3, 0.4) is 0 Å². The molecule has 1 N–H and O–H groups in total. The predicted octanol–water partition coefficient (Wildman–Crippen LogP) is 2.31. The molecule has 3 rings (SSSR count). The Morgan fingerprint density at radius 3 is 2.95 bits per heavy atom. The fourth-order valence-electron chi connectivity index (χ4n) is 2.67. The van der Waals surface area contributed by atoms with Crippen LogP contribution in [0.1, 0.15) is 18.9 Å². The molecule has 102 valence electrons. The molecule has 1 saturated heterocycles. The summed E-state index contributed by atoms with van der Waals surface area (Å²) in [4.78, 5) is 6.70. The van der Waals surface area contributed by atoms with E-state index in [4.69, 9.17) is 0 Å². The summed E-state index contributed by atoms with van der Waals surface area (Å²) in [5.74, 6) is 1.10. The van der Waals surface area contributed by atoms with E-state index in [1.54, 1.807) is 0 Å². The third kappa shape index (κ3) is 2.21. The lowest BCUT2D eigenvalue weighted by molar-refractivity contribution is 0.102. The predicted molar refractivity (Wildman–Crippen MR) is 78.5 cm³/mol. The molecule has 2 atom stereocenters. The molecule has 0 radical (unpaired) electrons. The second-order valence-electron chi connectivity index (χ2n) is 5.44. The number of hydrogen-bond acceptors (Lipinski definition) is 4. The largest absolute Gasteiger partial charge is 0.391 e. The number of rotatable bonds is 1. The van der Waals surface area contributed by atoms with Gasteiger partial charge in [0.2, 0.25) is 0 Å². The number of para-hydroxylation sites is 1. The van der Waals surface area contributed by atoms with E-state index in [2.05, 4.69) is 22.9 Å². The Balaban J connectivity index is 2.02. The van der Waals surface area contributed by atoms with E-state index in [1.807, 2.05) is 30.3 Å². The van der Waals surface area contributed by atoms with Crippen molar-refractivity contribution in [3.05, 3.63) is 35.9 Å². The smallest absolute Gasteiger partial charge is 0.130 e. The second-order valence-corrected chi connectivity index (χ2v) is 5.44. The molecule has 2 heterocycles. The number of aromatic nitrogens is 1. The fraction of sp³-hybridized carbons (Fsp3) is 0.375. The summed E-state index contributed by atoms with van der Waals surface area (Å²) in [5.41, 5.74) is 1.47. The standard InChI is InChI=1S/C16H17N3O/c1-11-6-7-19(10-15(11)20)16-8-12(9-17)13-4-2-3-5-14(13)18-16/h2-5,8,11,15,20H,6-7,10H2,1H3. The molecule has 20 heavy (non-hydrogen) atoms. The van der Waals surface area contributed by atoms with Crippen LogP contribution in [0.4, 0.5) is 5.82 Å². The van der Waals surface area contributed by atoms with Gasteiger partial charge >= 0.3 is 0 Å². The molecule has 1 aromatic heterocycles. The Bertz CT molecular complexity index is 677. The van der Waals surface area contributed by atoms with Crippen molar-refractivity contribution in [2.75, 3.05) is 18.0 Å². The van der Waals surface area contributed by atoms with Gasteiger partial charge in [0.05, 0.1) is 23.3 Å². The highest BCUT2D eigenvalue weighted by Gasteiger charge is 2.25.